The van der Waals surface area contributed by atoms with E-state index in [9.17, 15) is 10.2 Å². The Hall–Kier alpha value is -3.27. The van der Waals surface area contributed by atoms with Gasteiger partial charge in [0.15, 0.2) is 0 Å². The first kappa shape index (κ1) is 23.8. The number of aliphatic imine (C=N–C) groups is 1. The van der Waals surface area contributed by atoms with E-state index in [1.165, 1.54) is 0 Å². The van der Waals surface area contributed by atoms with Gasteiger partial charge in [0.1, 0.15) is 5.76 Å². The highest BCUT2D eigenvalue weighted by atomic mass is 16.3. The standard InChI is InChI=1S/C25H32N2O2/c1-9-13-26-23-12-11-22(14-17(23)3)21(10-2)15-24(29)18(4)19(5)27-16-25(7,8)20(6)28/h9-15,27-29H,3-6,16H2,1-2,7-8H3/b13-9-,21-10+,24-15+,26-23?. The predicted molar refractivity (Wildman–Crippen MR) is 125 cm³/mol. The second-order valence-corrected chi connectivity index (χ2v) is 7.37. The third-order valence-electron chi connectivity index (χ3n) is 4.58. The SMILES string of the molecule is C=C1C=C(C(/C=C(/O)C(=C)C(=C)NCC(C)(C)C(=C)O)=C/C)C=CC1=N/C=C\C. The molecule has 154 valence electrons. The number of aliphatic hydroxyl groups excluding tert-OH is 2. The topological polar surface area (TPSA) is 64.8 Å². The summed E-state index contributed by atoms with van der Waals surface area (Å²) in [5.41, 5.74) is 3.65. The van der Waals surface area contributed by atoms with Gasteiger partial charge in [-0.15, -0.1) is 0 Å². The summed E-state index contributed by atoms with van der Waals surface area (Å²) in [5.74, 6) is 0.0810. The third-order valence-corrected chi connectivity index (χ3v) is 4.58. The van der Waals surface area contributed by atoms with Crippen molar-refractivity contribution in [3.63, 3.8) is 0 Å². The van der Waals surface area contributed by atoms with E-state index in [1.807, 2.05) is 58.1 Å². The van der Waals surface area contributed by atoms with Crippen molar-refractivity contribution in [1.82, 2.24) is 5.32 Å². The van der Waals surface area contributed by atoms with Crippen LogP contribution in [0.4, 0.5) is 0 Å². The van der Waals surface area contributed by atoms with Gasteiger partial charge in [0, 0.05) is 29.4 Å². The highest BCUT2D eigenvalue weighted by Gasteiger charge is 2.22. The zero-order valence-electron chi connectivity index (χ0n) is 17.9. The van der Waals surface area contributed by atoms with Gasteiger partial charge in [0.2, 0.25) is 0 Å². The van der Waals surface area contributed by atoms with Crippen LogP contribution in [0.3, 0.4) is 0 Å². The molecule has 0 aliphatic heterocycles. The normalized spacial score (nSPS) is 16.9. The van der Waals surface area contributed by atoms with Crippen molar-refractivity contribution >= 4 is 5.71 Å². The molecular weight excluding hydrogens is 360 g/mol. The Kier molecular flexibility index (Phi) is 8.46. The first-order valence-electron chi connectivity index (χ1n) is 9.39. The molecule has 29 heavy (non-hydrogen) atoms. The van der Waals surface area contributed by atoms with Crippen molar-refractivity contribution in [3.8, 4) is 0 Å². The molecular formula is C25H32N2O2. The zero-order chi connectivity index (χ0) is 22.2. The molecule has 0 radical (unpaired) electrons. The van der Waals surface area contributed by atoms with E-state index >= 15 is 0 Å². The average Bonchev–Trinajstić information content (AvgIpc) is 2.68. The molecule has 0 aromatic rings. The van der Waals surface area contributed by atoms with Crippen LogP contribution in [0.15, 0.2) is 113 Å². The minimum atomic E-state index is -0.526. The number of aliphatic hydroxyl groups is 2. The summed E-state index contributed by atoms with van der Waals surface area (Å²) in [6.07, 6.45) is 12.9. The lowest BCUT2D eigenvalue weighted by molar-refractivity contribution is 0.257. The summed E-state index contributed by atoms with van der Waals surface area (Å²) in [5, 5.41) is 23.3. The van der Waals surface area contributed by atoms with Crippen molar-refractivity contribution in [2.75, 3.05) is 6.54 Å². The summed E-state index contributed by atoms with van der Waals surface area (Å²) in [4.78, 5) is 4.33. The molecule has 0 amide bonds. The van der Waals surface area contributed by atoms with E-state index < -0.39 is 5.41 Å². The van der Waals surface area contributed by atoms with Crippen LogP contribution in [-0.2, 0) is 0 Å². The Morgan fingerprint density at radius 2 is 1.83 bits per heavy atom. The van der Waals surface area contributed by atoms with Crippen molar-refractivity contribution in [2.45, 2.75) is 27.7 Å². The number of hydrogen-bond donors (Lipinski definition) is 3. The van der Waals surface area contributed by atoms with Gasteiger partial charge in [-0.25, -0.2) is 0 Å². The number of hydrogen-bond acceptors (Lipinski definition) is 4. The summed E-state index contributed by atoms with van der Waals surface area (Å²) in [6, 6.07) is 0. The zero-order valence-corrected chi connectivity index (χ0v) is 17.9. The third kappa shape index (κ3) is 6.68. The van der Waals surface area contributed by atoms with E-state index in [0.717, 1.165) is 22.4 Å². The molecule has 4 nitrogen and oxygen atoms in total. The van der Waals surface area contributed by atoms with Gasteiger partial charge < -0.3 is 15.5 Å². The van der Waals surface area contributed by atoms with Gasteiger partial charge in [-0.05, 0) is 48.8 Å². The van der Waals surface area contributed by atoms with Gasteiger partial charge in [-0.3, -0.25) is 4.99 Å². The Labute approximate surface area is 174 Å². The van der Waals surface area contributed by atoms with Crippen molar-refractivity contribution in [3.05, 3.63) is 108 Å². The Morgan fingerprint density at radius 1 is 1.17 bits per heavy atom. The average molecular weight is 393 g/mol. The molecule has 1 aliphatic rings. The maximum atomic E-state index is 10.5. The number of rotatable bonds is 9. The molecule has 0 saturated heterocycles. The molecule has 0 saturated carbocycles. The number of nitrogens with zero attached hydrogens (tertiary/aromatic N) is 1. The van der Waals surface area contributed by atoms with E-state index in [2.05, 4.69) is 36.6 Å². The van der Waals surface area contributed by atoms with Crippen LogP contribution < -0.4 is 5.32 Å². The van der Waals surface area contributed by atoms with Crippen molar-refractivity contribution in [1.29, 1.82) is 0 Å². The van der Waals surface area contributed by atoms with Crippen LogP contribution in [0.25, 0.3) is 0 Å². The van der Waals surface area contributed by atoms with Gasteiger partial charge in [-0.1, -0.05) is 58.4 Å². The van der Waals surface area contributed by atoms with Gasteiger partial charge in [0.25, 0.3) is 0 Å². The fourth-order valence-electron chi connectivity index (χ4n) is 2.30. The van der Waals surface area contributed by atoms with Crippen LogP contribution in [0.2, 0.25) is 0 Å². The summed E-state index contributed by atoms with van der Waals surface area (Å²) < 4.78 is 0. The monoisotopic (exact) mass is 392 g/mol. The van der Waals surface area contributed by atoms with Crippen LogP contribution in [0, 0.1) is 5.41 Å². The molecule has 0 fully saturated rings. The predicted octanol–water partition coefficient (Wildman–Crippen LogP) is 6.16. The van der Waals surface area contributed by atoms with Crippen molar-refractivity contribution < 1.29 is 10.2 Å². The smallest absolute Gasteiger partial charge is 0.124 e. The molecule has 1 rings (SSSR count). The molecule has 1 aliphatic carbocycles. The van der Waals surface area contributed by atoms with Gasteiger partial charge in [0.05, 0.1) is 11.5 Å². The van der Waals surface area contributed by atoms with E-state index in [1.54, 1.807) is 12.3 Å². The lowest BCUT2D eigenvalue weighted by Crippen LogP contribution is -2.30. The first-order chi connectivity index (χ1) is 13.5. The summed E-state index contributed by atoms with van der Waals surface area (Å²) in [7, 11) is 0. The number of allylic oxidation sites excluding steroid dienone is 9. The Bertz CT molecular complexity index is 888. The van der Waals surface area contributed by atoms with Crippen LogP contribution >= 0.6 is 0 Å². The molecule has 0 spiro atoms. The van der Waals surface area contributed by atoms with E-state index in [0.29, 0.717) is 17.8 Å². The summed E-state index contributed by atoms with van der Waals surface area (Å²) >= 11 is 0. The Balaban J connectivity index is 2.94. The quantitative estimate of drug-likeness (QED) is 0.325. The highest BCUT2D eigenvalue weighted by Crippen LogP contribution is 2.25. The molecule has 0 atom stereocenters. The lowest BCUT2D eigenvalue weighted by atomic mass is 9.91. The fourth-order valence-corrected chi connectivity index (χ4v) is 2.30. The van der Waals surface area contributed by atoms with E-state index in [4.69, 9.17) is 0 Å². The minimum Gasteiger partial charge on any atom is -0.512 e. The summed E-state index contributed by atoms with van der Waals surface area (Å²) in [6.45, 7) is 23.4. The van der Waals surface area contributed by atoms with Gasteiger partial charge in [-0.2, -0.15) is 0 Å². The largest absolute Gasteiger partial charge is 0.512 e. The first-order valence-corrected chi connectivity index (χ1v) is 9.39. The molecule has 0 bridgehead atoms. The molecule has 0 aromatic carbocycles. The Morgan fingerprint density at radius 3 is 2.34 bits per heavy atom. The van der Waals surface area contributed by atoms with E-state index in [-0.39, 0.29) is 11.5 Å². The highest BCUT2D eigenvalue weighted by molar-refractivity contribution is 6.12. The van der Waals surface area contributed by atoms with Crippen LogP contribution in [-0.4, -0.2) is 22.5 Å². The lowest BCUT2D eigenvalue weighted by Gasteiger charge is -2.25. The molecule has 4 heteroatoms. The second kappa shape index (κ2) is 10.3. The second-order valence-electron chi connectivity index (χ2n) is 7.37. The molecule has 3 N–H and O–H groups in total. The van der Waals surface area contributed by atoms with Gasteiger partial charge >= 0.3 is 0 Å². The maximum Gasteiger partial charge on any atom is 0.124 e. The molecule has 0 aromatic heterocycles. The van der Waals surface area contributed by atoms with Crippen molar-refractivity contribution in [2.24, 2.45) is 10.4 Å². The molecule has 0 unspecified atom stereocenters. The van der Waals surface area contributed by atoms with Crippen LogP contribution in [0.1, 0.15) is 27.7 Å². The minimum absolute atomic E-state index is 0.00419. The molecule has 0 heterocycles. The maximum absolute atomic E-state index is 10.5. The van der Waals surface area contributed by atoms with Crippen LogP contribution in [0.5, 0.6) is 0 Å². The number of nitrogens with one attached hydrogen (secondary N) is 1. The fraction of sp³-hybridized carbons (Fsp3) is 0.240.